The van der Waals surface area contributed by atoms with Crippen LogP contribution in [0.4, 0.5) is 14.9 Å². The number of imide groups is 1. The number of hydrogen-bond donors (Lipinski definition) is 2. The highest BCUT2D eigenvalue weighted by Gasteiger charge is 2.50. The molecule has 1 fully saturated rings. The van der Waals surface area contributed by atoms with E-state index < -0.39 is 35.7 Å². The largest absolute Gasteiger partial charge is 0.325 e. The number of hydrogen-bond acceptors (Lipinski definition) is 4. The van der Waals surface area contributed by atoms with Gasteiger partial charge in [0.15, 0.2) is 0 Å². The van der Waals surface area contributed by atoms with Gasteiger partial charge in [-0.25, -0.2) is 9.18 Å². The highest BCUT2D eigenvalue weighted by atomic mass is 35.5. The Labute approximate surface area is 170 Å². The fraction of sp³-hybridized carbons (Fsp3) is 0.211. The number of benzene rings is 2. The molecule has 0 saturated carbocycles. The van der Waals surface area contributed by atoms with E-state index in [1.807, 2.05) is 12.3 Å². The van der Waals surface area contributed by atoms with Crippen LogP contribution in [0.3, 0.4) is 0 Å². The molecule has 6 nitrogen and oxygen atoms in total. The summed E-state index contributed by atoms with van der Waals surface area (Å²) in [5.74, 6) is -1.71. The number of urea groups is 1. The number of carbonyl (C=O) groups excluding carboxylic acids is 3. The topological polar surface area (TPSA) is 78.5 Å². The van der Waals surface area contributed by atoms with Crippen molar-refractivity contribution >= 4 is 46.9 Å². The van der Waals surface area contributed by atoms with Crippen molar-refractivity contribution < 1.29 is 18.8 Å². The molecule has 146 valence electrons. The molecule has 0 aromatic heterocycles. The normalized spacial score (nSPS) is 18.9. The maximum atomic E-state index is 13.3. The highest BCUT2D eigenvalue weighted by Crippen LogP contribution is 2.34. The second kappa shape index (κ2) is 7.81. The maximum Gasteiger partial charge on any atom is 0.325 e. The molecule has 3 rings (SSSR count). The first-order valence-corrected chi connectivity index (χ1v) is 9.88. The number of anilines is 1. The van der Waals surface area contributed by atoms with Crippen molar-refractivity contribution in [1.29, 1.82) is 0 Å². The summed E-state index contributed by atoms with van der Waals surface area (Å²) in [6.45, 7) is 1.01. The first-order valence-electron chi connectivity index (χ1n) is 8.28. The Hall–Kier alpha value is -2.58. The SMILES string of the molecule is CSc1cccc(NC(=O)CN2C(=O)NC(C)(c3ccc(F)cc3Cl)C2=O)c1. The minimum absolute atomic E-state index is 0.0105. The third kappa shape index (κ3) is 3.83. The molecule has 2 N–H and O–H groups in total. The average Bonchev–Trinajstić information content (AvgIpc) is 2.85. The van der Waals surface area contributed by atoms with Gasteiger partial charge in [-0.15, -0.1) is 11.8 Å². The third-order valence-corrected chi connectivity index (χ3v) is 5.44. The molecular weight excluding hydrogens is 405 g/mol. The molecule has 0 aliphatic carbocycles. The number of rotatable bonds is 5. The predicted molar refractivity (Wildman–Crippen MR) is 106 cm³/mol. The first kappa shape index (κ1) is 20.2. The van der Waals surface area contributed by atoms with Gasteiger partial charge in [-0.2, -0.15) is 0 Å². The lowest BCUT2D eigenvalue weighted by atomic mass is 9.92. The molecule has 1 saturated heterocycles. The van der Waals surface area contributed by atoms with Crippen molar-refractivity contribution in [2.45, 2.75) is 17.4 Å². The molecular formula is C19H17ClFN3O3S. The van der Waals surface area contributed by atoms with Crippen molar-refractivity contribution in [2.24, 2.45) is 0 Å². The standard InChI is InChI=1S/C19H17ClFN3O3S/c1-19(14-7-6-11(21)8-15(14)20)17(26)24(18(27)23-19)10-16(25)22-12-4-3-5-13(9-12)28-2/h3-9H,10H2,1-2H3,(H,22,25)(H,23,27). The molecule has 28 heavy (non-hydrogen) atoms. The molecule has 2 aromatic rings. The zero-order valence-electron chi connectivity index (χ0n) is 15.1. The summed E-state index contributed by atoms with van der Waals surface area (Å²) >= 11 is 7.58. The van der Waals surface area contributed by atoms with Crippen LogP contribution >= 0.6 is 23.4 Å². The summed E-state index contributed by atoms with van der Waals surface area (Å²) < 4.78 is 13.3. The van der Waals surface area contributed by atoms with Crippen molar-refractivity contribution in [1.82, 2.24) is 10.2 Å². The van der Waals surface area contributed by atoms with E-state index in [4.69, 9.17) is 11.6 Å². The molecule has 1 heterocycles. The van der Waals surface area contributed by atoms with Crippen LogP contribution in [0.25, 0.3) is 0 Å². The number of thioether (sulfide) groups is 1. The minimum atomic E-state index is -1.49. The van der Waals surface area contributed by atoms with Crippen LogP contribution in [0, 0.1) is 5.82 Å². The lowest BCUT2D eigenvalue weighted by Crippen LogP contribution is -2.42. The van der Waals surface area contributed by atoms with Gasteiger partial charge >= 0.3 is 6.03 Å². The van der Waals surface area contributed by atoms with Gasteiger partial charge in [-0.1, -0.05) is 23.7 Å². The molecule has 9 heteroatoms. The number of nitrogens with zero attached hydrogens (tertiary/aromatic N) is 1. The quantitative estimate of drug-likeness (QED) is 0.571. The Kier molecular flexibility index (Phi) is 5.62. The first-order chi connectivity index (χ1) is 13.2. The minimum Gasteiger partial charge on any atom is -0.324 e. The van der Waals surface area contributed by atoms with Crippen LogP contribution in [-0.4, -0.2) is 35.5 Å². The van der Waals surface area contributed by atoms with E-state index in [0.717, 1.165) is 21.9 Å². The van der Waals surface area contributed by atoms with Crippen LogP contribution in [-0.2, 0) is 15.1 Å². The van der Waals surface area contributed by atoms with Crippen molar-refractivity contribution in [3.8, 4) is 0 Å². The summed E-state index contributed by atoms with van der Waals surface area (Å²) in [5, 5.41) is 5.22. The van der Waals surface area contributed by atoms with E-state index in [-0.39, 0.29) is 10.6 Å². The van der Waals surface area contributed by atoms with E-state index in [0.29, 0.717) is 5.69 Å². The molecule has 0 spiro atoms. The van der Waals surface area contributed by atoms with E-state index in [1.165, 1.54) is 24.8 Å². The second-order valence-electron chi connectivity index (χ2n) is 6.35. The maximum absolute atomic E-state index is 13.3. The van der Waals surface area contributed by atoms with E-state index >= 15 is 0 Å². The Balaban J connectivity index is 1.77. The number of amides is 4. The fourth-order valence-electron chi connectivity index (χ4n) is 2.96. The molecule has 1 atom stereocenters. The van der Waals surface area contributed by atoms with Gasteiger partial charge in [-0.3, -0.25) is 14.5 Å². The summed E-state index contributed by atoms with van der Waals surface area (Å²) in [6.07, 6.45) is 1.91. The third-order valence-electron chi connectivity index (χ3n) is 4.40. The Morgan fingerprint density at radius 1 is 1.29 bits per heavy atom. The Morgan fingerprint density at radius 2 is 2.04 bits per heavy atom. The van der Waals surface area contributed by atoms with Gasteiger partial charge in [0.2, 0.25) is 5.91 Å². The van der Waals surface area contributed by atoms with Gasteiger partial charge in [-0.05, 0) is 43.5 Å². The van der Waals surface area contributed by atoms with Gasteiger partial charge in [0, 0.05) is 21.2 Å². The second-order valence-corrected chi connectivity index (χ2v) is 7.64. The van der Waals surface area contributed by atoms with Crippen molar-refractivity contribution in [3.05, 3.63) is 58.9 Å². The summed E-state index contributed by atoms with van der Waals surface area (Å²) in [6, 6.07) is 10.0. The van der Waals surface area contributed by atoms with Crippen LogP contribution in [0.15, 0.2) is 47.4 Å². The predicted octanol–water partition coefficient (Wildman–Crippen LogP) is 3.61. The van der Waals surface area contributed by atoms with E-state index in [1.54, 1.807) is 18.2 Å². The number of halogens is 2. The summed E-state index contributed by atoms with van der Waals surface area (Å²) in [4.78, 5) is 39.3. The Morgan fingerprint density at radius 3 is 2.71 bits per heavy atom. The van der Waals surface area contributed by atoms with Gasteiger partial charge < -0.3 is 10.6 Å². The van der Waals surface area contributed by atoms with E-state index in [2.05, 4.69) is 10.6 Å². The fourth-order valence-corrected chi connectivity index (χ4v) is 3.78. The van der Waals surface area contributed by atoms with E-state index in [9.17, 15) is 18.8 Å². The molecule has 0 bridgehead atoms. The molecule has 1 aliphatic heterocycles. The van der Waals surface area contributed by atoms with Gasteiger partial charge in [0.25, 0.3) is 5.91 Å². The Bertz CT molecular complexity index is 971. The van der Waals surface area contributed by atoms with Crippen LogP contribution in [0.2, 0.25) is 5.02 Å². The summed E-state index contributed by atoms with van der Waals surface area (Å²) in [7, 11) is 0. The van der Waals surface area contributed by atoms with Crippen LogP contribution in [0.1, 0.15) is 12.5 Å². The molecule has 1 aliphatic rings. The monoisotopic (exact) mass is 421 g/mol. The number of nitrogens with one attached hydrogen (secondary N) is 2. The highest BCUT2D eigenvalue weighted by molar-refractivity contribution is 7.98. The zero-order valence-corrected chi connectivity index (χ0v) is 16.7. The van der Waals surface area contributed by atoms with Gasteiger partial charge in [0.05, 0.1) is 0 Å². The van der Waals surface area contributed by atoms with Crippen LogP contribution in [0.5, 0.6) is 0 Å². The van der Waals surface area contributed by atoms with Crippen molar-refractivity contribution in [2.75, 3.05) is 18.1 Å². The molecule has 0 radical (unpaired) electrons. The van der Waals surface area contributed by atoms with Gasteiger partial charge in [0.1, 0.15) is 17.9 Å². The lowest BCUT2D eigenvalue weighted by Gasteiger charge is -2.23. The zero-order chi connectivity index (χ0) is 20.5. The number of carbonyl (C=O) groups is 3. The van der Waals surface area contributed by atoms with Crippen molar-refractivity contribution in [3.63, 3.8) is 0 Å². The molecule has 2 aromatic carbocycles. The molecule has 4 amide bonds. The van der Waals surface area contributed by atoms with Crippen LogP contribution < -0.4 is 10.6 Å². The average molecular weight is 422 g/mol. The lowest BCUT2D eigenvalue weighted by molar-refractivity contribution is -0.133. The smallest absolute Gasteiger partial charge is 0.324 e. The summed E-state index contributed by atoms with van der Waals surface area (Å²) in [5.41, 5.74) is -0.668. The molecule has 1 unspecified atom stereocenters.